The summed E-state index contributed by atoms with van der Waals surface area (Å²) in [4.78, 5) is 23.1. The molecule has 2 aromatic carbocycles. The molecule has 0 aliphatic carbocycles. The summed E-state index contributed by atoms with van der Waals surface area (Å²) >= 11 is 5.82. The molecule has 5 heteroatoms. The Labute approximate surface area is 140 Å². The van der Waals surface area contributed by atoms with Crippen molar-refractivity contribution >= 4 is 29.5 Å². The molecule has 0 saturated heterocycles. The Morgan fingerprint density at radius 2 is 2.09 bits per heavy atom. The minimum absolute atomic E-state index is 0.181. The van der Waals surface area contributed by atoms with Gasteiger partial charge in [-0.2, -0.15) is 0 Å². The topological polar surface area (TPSA) is 55.4 Å². The van der Waals surface area contributed by atoms with Crippen molar-refractivity contribution in [1.82, 2.24) is 0 Å². The van der Waals surface area contributed by atoms with E-state index in [0.717, 1.165) is 23.2 Å². The van der Waals surface area contributed by atoms with Crippen LogP contribution in [0.5, 0.6) is 5.75 Å². The molecule has 2 rings (SSSR count). The first-order valence-electron chi connectivity index (χ1n) is 7.31. The first-order valence-corrected chi connectivity index (χ1v) is 7.68. The highest BCUT2D eigenvalue weighted by atomic mass is 35.5. The van der Waals surface area contributed by atoms with E-state index in [1.165, 1.54) is 6.07 Å². The van der Waals surface area contributed by atoms with Gasteiger partial charge in [-0.3, -0.25) is 9.59 Å². The zero-order chi connectivity index (χ0) is 16.8. The number of carbonyl (C=O) groups is 2. The first kappa shape index (κ1) is 17.0. The van der Waals surface area contributed by atoms with Gasteiger partial charge in [-0.25, -0.2) is 0 Å². The molecule has 1 amide bonds. The summed E-state index contributed by atoms with van der Waals surface area (Å²) in [5.74, 6) is 0.0563. The van der Waals surface area contributed by atoms with Crippen LogP contribution in [0.15, 0.2) is 36.4 Å². The van der Waals surface area contributed by atoms with Crippen LogP contribution >= 0.6 is 11.6 Å². The standard InChI is InChI=1S/C18H18ClNO3/c1-3-13-6-4-5-12(2)18(13)20-17(22)11-23-16-8-7-15(19)9-14(16)10-21/h4-10H,3,11H2,1-2H3,(H,20,22). The van der Waals surface area contributed by atoms with Crippen molar-refractivity contribution in [3.63, 3.8) is 0 Å². The number of para-hydroxylation sites is 1. The van der Waals surface area contributed by atoms with E-state index >= 15 is 0 Å². The molecule has 120 valence electrons. The van der Waals surface area contributed by atoms with Crippen molar-refractivity contribution in [2.75, 3.05) is 11.9 Å². The van der Waals surface area contributed by atoms with Crippen LogP contribution in [0.25, 0.3) is 0 Å². The predicted octanol–water partition coefficient (Wildman–Crippen LogP) is 4.04. The molecule has 1 N–H and O–H groups in total. The summed E-state index contributed by atoms with van der Waals surface area (Å²) in [5, 5.41) is 3.31. The van der Waals surface area contributed by atoms with Gasteiger partial charge in [-0.15, -0.1) is 0 Å². The molecule has 0 fully saturated rings. The Kier molecular flexibility index (Phi) is 5.77. The second kappa shape index (κ2) is 7.79. The van der Waals surface area contributed by atoms with Gasteiger partial charge >= 0.3 is 0 Å². The Balaban J connectivity index is 2.05. The molecule has 0 spiro atoms. The smallest absolute Gasteiger partial charge is 0.262 e. The molecule has 0 aliphatic heterocycles. The summed E-state index contributed by atoms with van der Waals surface area (Å²) in [6.45, 7) is 3.80. The van der Waals surface area contributed by atoms with Crippen LogP contribution in [0.1, 0.15) is 28.4 Å². The number of amides is 1. The van der Waals surface area contributed by atoms with Crippen LogP contribution in [0.3, 0.4) is 0 Å². The second-order valence-electron chi connectivity index (χ2n) is 5.10. The normalized spacial score (nSPS) is 10.2. The second-order valence-corrected chi connectivity index (χ2v) is 5.54. The van der Waals surface area contributed by atoms with Crippen LogP contribution in [0, 0.1) is 6.92 Å². The van der Waals surface area contributed by atoms with Crippen LogP contribution in [-0.4, -0.2) is 18.8 Å². The zero-order valence-corrected chi connectivity index (χ0v) is 13.8. The minimum atomic E-state index is -0.277. The number of hydrogen-bond acceptors (Lipinski definition) is 3. The number of hydrogen-bond donors (Lipinski definition) is 1. The maximum atomic E-state index is 12.1. The van der Waals surface area contributed by atoms with Gasteiger partial charge in [0, 0.05) is 10.7 Å². The van der Waals surface area contributed by atoms with Gasteiger partial charge in [0.15, 0.2) is 12.9 Å². The zero-order valence-electron chi connectivity index (χ0n) is 13.1. The average Bonchev–Trinajstić information content (AvgIpc) is 2.55. The fourth-order valence-electron chi connectivity index (χ4n) is 2.26. The lowest BCUT2D eigenvalue weighted by molar-refractivity contribution is -0.118. The molecule has 23 heavy (non-hydrogen) atoms. The van der Waals surface area contributed by atoms with E-state index in [0.29, 0.717) is 22.6 Å². The highest BCUT2D eigenvalue weighted by Crippen LogP contribution is 2.23. The maximum Gasteiger partial charge on any atom is 0.262 e. The number of rotatable bonds is 6. The number of ether oxygens (including phenoxy) is 1. The summed E-state index contributed by atoms with van der Waals surface area (Å²) in [5.41, 5.74) is 3.20. The number of carbonyl (C=O) groups excluding carboxylic acids is 2. The number of anilines is 1. The van der Waals surface area contributed by atoms with Crippen molar-refractivity contribution in [2.45, 2.75) is 20.3 Å². The molecule has 0 bridgehead atoms. The van der Waals surface area contributed by atoms with E-state index in [9.17, 15) is 9.59 Å². The third-order valence-electron chi connectivity index (χ3n) is 3.46. The molecule has 0 aliphatic rings. The van der Waals surface area contributed by atoms with Gasteiger partial charge in [-0.05, 0) is 42.7 Å². The van der Waals surface area contributed by atoms with Gasteiger partial charge in [0.2, 0.25) is 0 Å². The highest BCUT2D eigenvalue weighted by molar-refractivity contribution is 6.30. The Morgan fingerprint density at radius 1 is 1.30 bits per heavy atom. The molecule has 0 radical (unpaired) electrons. The molecular weight excluding hydrogens is 314 g/mol. The molecule has 0 heterocycles. The van der Waals surface area contributed by atoms with Crippen molar-refractivity contribution in [3.05, 3.63) is 58.1 Å². The largest absolute Gasteiger partial charge is 0.483 e. The predicted molar refractivity (Wildman–Crippen MR) is 91.5 cm³/mol. The Bertz CT molecular complexity index is 728. The first-order chi connectivity index (χ1) is 11.0. The fourth-order valence-corrected chi connectivity index (χ4v) is 2.44. The summed E-state index contributed by atoms with van der Waals surface area (Å²) in [7, 11) is 0. The maximum absolute atomic E-state index is 12.1. The van der Waals surface area contributed by atoms with Crippen molar-refractivity contribution < 1.29 is 14.3 Å². The number of benzene rings is 2. The molecule has 0 unspecified atom stereocenters. The number of aldehydes is 1. The molecular formula is C18H18ClNO3. The molecule has 4 nitrogen and oxygen atoms in total. The van der Waals surface area contributed by atoms with Crippen molar-refractivity contribution in [1.29, 1.82) is 0 Å². The number of aryl methyl sites for hydroxylation is 2. The van der Waals surface area contributed by atoms with Gasteiger partial charge < -0.3 is 10.1 Å². The molecule has 0 atom stereocenters. The fraction of sp³-hybridized carbons (Fsp3) is 0.222. The third kappa shape index (κ3) is 4.33. The van der Waals surface area contributed by atoms with Crippen LogP contribution in [0.4, 0.5) is 5.69 Å². The van der Waals surface area contributed by atoms with Crippen LogP contribution in [0.2, 0.25) is 5.02 Å². The monoisotopic (exact) mass is 331 g/mol. The number of nitrogens with one attached hydrogen (secondary N) is 1. The van der Waals surface area contributed by atoms with E-state index in [4.69, 9.17) is 16.3 Å². The lowest BCUT2D eigenvalue weighted by atomic mass is 10.1. The average molecular weight is 332 g/mol. The van der Waals surface area contributed by atoms with E-state index in [-0.39, 0.29) is 12.5 Å². The lowest BCUT2D eigenvalue weighted by Crippen LogP contribution is -2.21. The summed E-state index contributed by atoms with van der Waals surface area (Å²) in [6.07, 6.45) is 1.47. The summed E-state index contributed by atoms with van der Waals surface area (Å²) < 4.78 is 5.43. The Morgan fingerprint density at radius 3 is 2.78 bits per heavy atom. The Hall–Kier alpha value is -2.33. The molecule has 2 aromatic rings. The van der Waals surface area contributed by atoms with E-state index < -0.39 is 0 Å². The van der Waals surface area contributed by atoms with Crippen molar-refractivity contribution in [3.8, 4) is 5.75 Å². The molecule has 0 saturated carbocycles. The highest BCUT2D eigenvalue weighted by Gasteiger charge is 2.11. The van der Waals surface area contributed by atoms with Gasteiger partial charge in [0.1, 0.15) is 5.75 Å². The SMILES string of the molecule is CCc1cccc(C)c1NC(=O)COc1ccc(Cl)cc1C=O. The van der Waals surface area contributed by atoms with E-state index in [1.807, 2.05) is 32.0 Å². The third-order valence-corrected chi connectivity index (χ3v) is 3.70. The van der Waals surface area contributed by atoms with E-state index in [1.54, 1.807) is 12.1 Å². The minimum Gasteiger partial charge on any atom is -0.483 e. The quantitative estimate of drug-likeness (QED) is 0.813. The molecule has 0 aromatic heterocycles. The summed E-state index contributed by atoms with van der Waals surface area (Å²) in [6, 6.07) is 10.6. The van der Waals surface area contributed by atoms with Crippen LogP contribution in [-0.2, 0) is 11.2 Å². The lowest BCUT2D eigenvalue weighted by Gasteiger charge is -2.14. The van der Waals surface area contributed by atoms with E-state index in [2.05, 4.69) is 5.32 Å². The van der Waals surface area contributed by atoms with Gasteiger partial charge in [-0.1, -0.05) is 36.7 Å². The number of halogens is 1. The van der Waals surface area contributed by atoms with Crippen molar-refractivity contribution in [2.24, 2.45) is 0 Å². The van der Waals surface area contributed by atoms with Crippen LogP contribution < -0.4 is 10.1 Å². The van der Waals surface area contributed by atoms with Gasteiger partial charge in [0.25, 0.3) is 5.91 Å². The van der Waals surface area contributed by atoms with Gasteiger partial charge in [0.05, 0.1) is 5.56 Å².